The van der Waals surface area contributed by atoms with Crippen LogP contribution in [0, 0.1) is 0 Å². The number of cyclic esters (lactones) is 1. The Labute approximate surface area is 185 Å². The zero-order valence-corrected chi connectivity index (χ0v) is 18.3. The Bertz CT molecular complexity index is 969. The van der Waals surface area contributed by atoms with Crippen molar-refractivity contribution in [2.45, 2.75) is 43.1 Å². The van der Waals surface area contributed by atoms with E-state index in [4.69, 9.17) is 4.74 Å². The number of nitrogens with zero attached hydrogens (tertiary/aromatic N) is 3. The summed E-state index contributed by atoms with van der Waals surface area (Å²) in [6.45, 7) is 1.41. The van der Waals surface area contributed by atoms with Gasteiger partial charge in [0.1, 0.15) is 6.10 Å². The number of benzene rings is 1. The molecule has 2 heterocycles. The van der Waals surface area contributed by atoms with E-state index in [1.165, 1.54) is 29.8 Å². The van der Waals surface area contributed by atoms with Gasteiger partial charge in [-0.3, -0.25) is 4.90 Å². The highest BCUT2D eigenvalue weighted by Crippen LogP contribution is 2.41. The molecule has 1 aromatic carbocycles. The first-order chi connectivity index (χ1) is 14.3. The fraction of sp³-hybridized carbons (Fsp3) is 0.389. The molecule has 2 aromatic rings. The van der Waals surface area contributed by atoms with Crippen LogP contribution < -0.4 is 0 Å². The summed E-state index contributed by atoms with van der Waals surface area (Å²) in [5.41, 5.74) is -2.91. The summed E-state index contributed by atoms with van der Waals surface area (Å²) in [6.07, 6.45) is -8.96. The molecule has 0 aliphatic carbocycles. The average molecular weight is 530 g/mol. The van der Waals surface area contributed by atoms with E-state index < -0.39 is 47.3 Å². The first kappa shape index (κ1) is 23.6. The van der Waals surface area contributed by atoms with Crippen molar-refractivity contribution in [3.63, 3.8) is 0 Å². The number of carbonyl (C=O) groups excluding carboxylic acids is 1. The number of hydrogen-bond donors (Lipinski definition) is 0. The van der Waals surface area contributed by atoms with Crippen molar-refractivity contribution in [1.29, 1.82) is 0 Å². The highest BCUT2D eigenvalue weighted by molar-refractivity contribution is 9.10. The number of ether oxygens (including phenoxy) is 1. The van der Waals surface area contributed by atoms with Crippen LogP contribution in [0.1, 0.15) is 35.4 Å². The molecule has 5 nitrogen and oxygen atoms in total. The van der Waals surface area contributed by atoms with Crippen molar-refractivity contribution >= 4 is 33.8 Å². The normalized spacial score (nSPS) is 19.6. The van der Waals surface area contributed by atoms with Crippen LogP contribution in [0.25, 0.3) is 0 Å². The van der Waals surface area contributed by atoms with Gasteiger partial charge >= 0.3 is 18.4 Å². The van der Waals surface area contributed by atoms with Crippen molar-refractivity contribution in [2.24, 2.45) is 0 Å². The Morgan fingerprint density at radius 2 is 1.71 bits per heavy atom. The molecule has 1 amide bonds. The molecule has 1 aliphatic heterocycles. The Morgan fingerprint density at radius 3 is 2.23 bits per heavy atom. The van der Waals surface area contributed by atoms with Gasteiger partial charge in [-0.1, -0.05) is 11.8 Å². The summed E-state index contributed by atoms with van der Waals surface area (Å²) in [5.74, 6) is 0. The summed E-state index contributed by atoms with van der Waals surface area (Å²) < 4.78 is 84.7. The molecule has 31 heavy (non-hydrogen) atoms. The van der Waals surface area contributed by atoms with Gasteiger partial charge in [0.25, 0.3) is 0 Å². The Morgan fingerprint density at radius 1 is 1.13 bits per heavy atom. The minimum atomic E-state index is -5.00. The van der Waals surface area contributed by atoms with E-state index in [2.05, 4.69) is 25.9 Å². The van der Waals surface area contributed by atoms with Gasteiger partial charge in [-0.05, 0) is 52.9 Å². The topological polar surface area (TPSA) is 55.3 Å². The molecule has 168 valence electrons. The minimum absolute atomic E-state index is 0.0324. The molecule has 0 N–H and O–H groups in total. The van der Waals surface area contributed by atoms with E-state index in [0.717, 1.165) is 0 Å². The third-order valence-corrected chi connectivity index (χ3v) is 5.85. The van der Waals surface area contributed by atoms with E-state index >= 15 is 0 Å². The van der Waals surface area contributed by atoms with Crippen molar-refractivity contribution in [3.8, 4) is 0 Å². The highest BCUT2D eigenvalue weighted by atomic mass is 79.9. The molecule has 1 fully saturated rings. The second kappa shape index (κ2) is 8.49. The molecule has 1 aliphatic rings. The molecule has 0 spiro atoms. The molecule has 2 unspecified atom stereocenters. The molecular weight excluding hydrogens is 516 g/mol. The van der Waals surface area contributed by atoms with Gasteiger partial charge in [-0.15, -0.1) is 0 Å². The highest BCUT2D eigenvalue weighted by Gasteiger charge is 2.43. The molecule has 13 heteroatoms. The number of hydrogen-bond acceptors (Lipinski definition) is 5. The molecule has 0 bridgehead atoms. The van der Waals surface area contributed by atoms with Gasteiger partial charge in [0.15, 0.2) is 5.16 Å². The lowest BCUT2D eigenvalue weighted by Crippen LogP contribution is -2.32. The minimum Gasteiger partial charge on any atom is -0.439 e. The first-order valence-corrected chi connectivity index (χ1v) is 10.6. The Hall–Kier alpha value is -2.02. The summed E-state index contributed by atoms with van der Waals surface area (Å²) in [5, 5.41) is 0.433. The van der Waals surface area contributed by atoms with E-state index in [1.807, 2.05) is 0 Å². The molecule has 0 saturated carbocycles. The summed E-state index contributed by atoms with van der Waals surface area (Å²) >= 11 is 4.53. The van der Waals surface area contributed by atoms with Gasteiger partial charge < -0.3 is 4.74 Å². The van der Waals surface area contributed by atoms with Crippen LogP contribution in [0.5, 0.6) is 0 Å². The van der Waals surface area contributed by atoms with E-state index in [1.54, 1.807) is 6.26 Å². The number of amides is 1. The quantitative estimate of drug-likeness (QED) is 0.273. The van der Waals surface area contributed by atoms with Crippen LogP contribution >= 0.6 is 27.7 Å². The zero-order chi connectivity index (χ0) is 23.1. The van der Waals surface area contributed by atoms with Crippen LogP contribution in [0.4, 0.5) is 31.1 Å². The lowest BCUT2D eigenvalue weighted by Gasteiger charge is -2.22. The van der Waals surface area contributed by atoms with Crippen molar-refractivity contribution in [1.82, 2.24) is 14.9 Å². The van der Waals surface area contributed by atoms with Gasteiger partial charge in [0.2, 0.25) is 0 Å². The average Bonchev–Trinajstić information content (AvgIpc) is 2.96. The SMILES string of the molecule is CSc1ncc(Br)c(CN2C(=O)OC(c3cc(C(F)(F)F)cc(C(F)(F)F)c3)C2C)n1. The lowest BCUT2D eigenvalue weighted by atomic mass is 9.97. The van der Waals surface area contributed by atoms with Crippen LogP contribution in [0.15, 0.2) is 34.0 Å². The number of carbonyl (C=O) groups is 1. The number of halogens is 7. The van der Waals surface area contributed by atoms with Gasteiger partial charge in [-0.2, -0.15) is 26.3 Å². The lowest BCUT2D eigenvalue weighted by molar-refractivity contribution is -0.143. The predicted molar refractivity (Wildman–Crippen MR) is 102 cm³/mol. The van der Waals surface area contributed by atoms with Crippen molar-refractivity contribution in [2.75, 3.05) is 6.26 Å². The third-order valence-electron chi connectivity index (χ3n) is 4.63. The van der Waals surface area contributed by atoms with Gasteiger partial charge in [-0.25, -0.2) is 14.8 Å². The number of rotatable bonds is 4. The van der Waals surface area contributed by atoms with Crippen molar-refractivity contribution in [3.05, 3.63) is 51.3 Å². The second-order valence-electron chi connectivity index (χ2n) is 6.66. The fourth-order valence-corrected chi connectivity index (χ4v) is 3.73. The maximum absolute atomic E-state index is 13.2. The van der Waals surface area contributed by atoms with Gasteiger partial charge in [0, 0.05) is 6.20 Å². The molecule has 1 saturated heterocycles. The smallest absolute Gasteiger partial charge is 0.416 e. The largest absolute Gasteiger partial charge is 0.439 e. The molecule has 2 atom stereocenters. The molecule has 0 radical (unpaired) electrons. The first-order valence-electron chi connectivity index (χ1n) is 8.63. The van der Waals surface area contributed by atoms with Crippen LogP contribution in [0.2, 0.25) is 0 Å². The molecular formula is C18H14BrF6N3O2S. The third kappa shape index (κ3) is 5.08. The zero-order valence-electron chi connectivity index (χ0n) is 15.9. The summed E-state index contributed by atoms with van der Waals surface area (Å²) in [4.78, 5) is 21.9. The van der Waals surface area contributed by atoms with Crippen LogP contribution in [-0.4, -0.2) is 33.3 Å². The van der Waals surface area contributed by atoms with Gasteiger partial charge in [0.05, 0.1) is 33.9 Å². The second-order valence-corrected chi connectivity index (χ2v) is 8.29. The standard InChI is InChI=1S/C18H14BrF6N3O2S/c1-8-14(9-3-10(17(20,21)22)5-11(4-9)18(23,24)25)30-16(29)28(8)7-13-12(19)6-26-15(27-13)31-2/h3-6,8,14H,7H2,1-2H3. The van der Waals surface area contributed by atoms with E-state index in [9.17, 15) is 31.1 Å². The molecule has 1 aromatic heterocycles. The summed E-state index contributed by atoms with van der Waals surface area (Å²) in [6, 6.07) is 0.320. The van der Waals surface area contributed by atoms with E-state index in [0.29, 0.717) is 27.5 Å². The number of alkyl halides is 6. The maximum atomic E-state index is 13.2. The van der Waals surface area contributed by atoms with Crippen LogP contribution in [-0.2, 0) is 23.6 Å². The summed E-state index contributed by atoms with van der Waals surface area (Å²) in [7, 11) is 0. The Balaban J connectivity index is 1.96. The van der Waals surface area contributed by atoms with Crippen molar-refractivity contribution < 1.29 is 35.9 Å². The predicted octanol–water partition coefficient (Wildman–Crippen LogP) is 6.08. The maximum Gasteiger partial charge on any atom is 0.416 e. The Kier molecular flexibility index (Phi) is 6.47. The fourth-order valence-electron chi connectivity index (χ4n) is 3.06. The monoisotopic (exact) mass is 529 g/mol. The molecule has 3 rings (SSSR count). The number of aromatic nitrogens is 2. The number of thioether (sulfide) groups is 1. The van der Waals surface area contributed by atoms with Crippen LogP contribution in [0.3, 0.4) is 0 Å². The van der Waals surface area contributed by atoms with E-state index in [-0.39, 0.29) is 12.6 Å².